The quantitative estimate of drug-likeness (QED) is 0.416. The second-order valence-electron chi connectivity index (χ2n) is 11.1. The molecule has 3 fully saturated rings. The van der Waals surface area contributed by atoms with Crippen LogP contribution in [0.1, 0.15) is 77.2 Å². The summed E-state index contributed by atoms with van der Waals surface area (Å²) in [6.45, 7) is 8.48. The van der Waals surface area contributed by atoms with E-state index < -0.39 is 0 Å². The van der Waals surface area contributed by atoms with Gasteiger partial charge in [0.25, 0.3) is 0 Å². The van der Waals surface area contributed by atoms with E-state index in [1.165, 1.54) is 19.3 Å². The lowest BCUT2D eigenvalue weighted by molar-refractivity contribution is -0.135. The third-order valence-electron chi connectivity index (χ3n) is 8.70. The summed E-state index contributed by atoms with van der Waals surface area (Å²) in [5.74, 6) is 0.171. The Hall–Kier alpha value is -1.54. The van der Waals surface area contributed by atoms with E-state index in [0.29, 0.717) is 30.6 Å². The molecule has 0 aromatic heterocycles. The minimum Gasteiger partial charge on any atom is -0.381 e. The van der Waals surface area contributed by atoms with Crippen LogP contribution in [0.5, 0.6) is 0 Å². The first kappa shape index (κ1) is 32.0. The molecule has 220 valence electrons. The maximum absolute atomic E-state index is 13.9. The Morgan fingerprint density at radius 3 is 2.13 bits per heavy atom. The molecule has 4 rings (SSSR count). The first-order chi connectivity index (χ1) is 18.5. The van der Waals surface area contributed by atoms with Crippen molar-refractivity contribution in [2.45, 2.75) is 102 Å². The van der Waals surface area contributed by atoms with E-state index >= 15 is 0 Å². The van der Waals surface area contributed by atoms with Gasteiger partial charge in [0.15, 0.2) is 0 Å². The van der Waals surface area contributed by atoms with Gasteiger partial charge in [-0.3, -0.25) is 4.79 Å². The normalized spacial score (nSPS) is 20.2. The summed E-state index contributed by atoms with van der Waals surface area (Å²) in [5, 5.41) is 4.38. The standard InChI is InChI=1S/C30H47ClN4O3.ClH/c1-3-33(4-2)30(37)35(26-8-6-5-7-9-26)27-14-18-34(19-15-27)29(36)28(32-25-16-20-38-21-17-25)22-23-10-12-24(31)13-11-23;/h10-13,25-28,32H,3-9,14-22H2,1-2H3;1H/t28-;/m1./s1. The first-order valence-electron chi connectivity index (χ1n) is 14.9. The highest BCUT2D eigenvalue weighted by Crippen LogP contribution is 2.29. The van der Waals surface area contributed by atoms with Gasteiger partial charge in [-0.2, -0.15) is 0 Å². The summed E-state index contributed by atoms with van der Waals surface area (Å²) < 4.78 is 5.54. The third kappa shape index (κ3) is 8.72. The topological polar surface area (TPSA) is 65.1 Å². The van der Waals surface area contributed by atoms with E-state index in [1.807, 2.05) is 34.1 Å². The van der Waals surface area contributed by atoms with E-state index in [-0.39, 0.29) is 42.5 Å². The van der Waals surface area contributed by atoms with Crippen LogP contribution in [0.25, 0.3) is 0 Å². The smallest absolute Gasteiger partial charge is 0.320 e. The number of likely N-dealkylation sites (tertiary alicyclic amines) is 1. The van der Waals surface area contributed by atoms with Crippen molar-refractivity contribution < 1.29 is 14.3 Å². The van der Waals surface area contributed by atoms with Gasteiger partial charge in [-0.05, 0) is 76.5 Å². The molecule has 3 aliphatic rings. The average Bonchev–Trinajstić information content (AvgIpc) is 2.96. The molecule has 1 aromatic carbocycles. The molecule has 1 saturated carbocycles. The molecule has 3 amide bonds. The Morgan fingerprint density at radius 1 is 0.949 bits per heavy atom. The van der Waals surface area contributed by atoms with Crippen LogP contribution in [0.4, 0.5) is 4.79 Å². The second kappa shape index (κ2) is 16.0. The maximum atomic E-state index is 13.9. The van der Waals surface area contributed by atoms with Gasteiger partial charge in [0.2, 0.25) is 5.91 Å². The van der Waals surface area contributed by atoms with Crippen molar-refractivity contribution in [3.8, 4) is 0 Å². The number of piperidine rings is 1. The Labute approximate surface area is 246 Å². The van der Waals surface area contributed by atoms with Crippen LogP contribution in [-0.4, -0.2) is 90.2 Å². The molecule has 39 heavy (non-hydrogen) atoms. The number of halogens is 2. The molecular formula is C30H48Cl2N4O3. The first-order valence-corrected chi connectivity index (χ1v) is 15.3. The van der Waals surface area contributed by atoms with E-state index in [4.69, 9.17) is 16.3 Å². The summed E-state index contributed by atoms with van der Waals surface area (Å²) >= 11 is 6.11. The molecule has 0 bridgehead atoms. The van der Waals surface area contributed by atoms with Crippen LogP contribution in [-0.2, 0) is 16.0 Å². The molecule has 7 nitrogen and oxygen atoms in total. The van der Waals surface area contributed by atoms with Crippen LogP contribution in [0.3, 0.4) is 0 Å². The molecule has 0 unspecified atom stereocenters. The van der Waals surface area contributed by atoms with Crippen molar-refractivity contribution in [3.63, 3.8) is 0 Å². The molecule has 0 radical (unpaired) electrons. The van der Waals surface area contributed by atoms with Crippen molar-refractivity contribution in [2.24, 2.45) is 0 Å². The van der Waals surface area contributed by atoms with E-state index in [2.05, 4.69) is 24.1 Å². The lowest BCUT2D eigenvalue weighted by Crippen LogP contribution is -2.58. The predicted octanol–water partition coefficient (Wildman–Crippen LogP) is 5.53. The molecule has 2 aliphatic heterocycles. The number of rotatable bonds is 9. The number of amides is 3. The van der Waals surface area contributed by atoms with Crippen molar-refractivity contribution >= 4 is 35.9 Å². The highest BCUT2D eigenvalue weighted by molar-refractivity contribution is 6.30. The summed E-state index contributed by atoms with van der Waals surface area (Å²) in [7, 11) is 0. The van der Waals surface area contributed by atoms with E-state index in [9.17, 15) is 9.59 Å². The number of ether oxygens (including phenoxy) is 1. The van der Waals surface area contributed by atoms with Gasteiger partial charge in [-0.1, -0.05) is 43.0 Å². The average molecular weight is 584 g/mol. The zero-order valence-electron chi connectivity index (χ0n) is 23.8. The Kier molecular flexibility index (Phi) is 13.2. The van der Waals surface area contributed by atoms with Gasteiger partial charge >= 0.3 is 6.03 Å². The zero-order chi connectivity index (χ0) is 26.9. The molecular weight excluding hydrogens is 535 g/mol. The molecule has 1 aromatic rings. The number of nitrogens with zero attached hydrogens (tertiary/aromatic N) is 3. The highest BCUT2D eigenvalue weighted by atomic mass is 35.5. The van der Waals surface area contributed by atoms with Crippen LogP contribution in [0.15, 0.2) is 24.3 Å². The van der Waals surface area contributed by atoms with Crippen LogP contribution in [0.2, 0.25) is 5.02 Å². The Balaban J connectivity index is 0.00000420. The number of carbonyl (C=O) groups excluding carboxylic acids is 2. The monoisotopic (exact) mass is 582 g/mol. The second-order valence-corrected chi connectivity index (χ2v) is 11.6. The van der Waals surface area contributed by atoms with E-state index in [1.54, 1.807) is 0 Å². The van der Waals surface area contributed by atoms with E-state index in [0.717, 1.165) is 70.4 Å². The molecule has 1 atom stereocenters. The van der Waals surface area contributed by atoms with Gasteiger partial charge in [-0.15, -0.1) is 12.4 Å². The fraction of sp³-hybridized carbons (Fsp3) is 0.733. The summed E-state index contributed by atoms with van der Waals surface area (Å²) in [4.78, 5) is 33.7. The lowest BCUT2D eigenvalue weighted by Gasteiger charge is -2.45. The lowest BCUT2D eigenvalue weighted by atomic mass is 9.91. The van der Waals surface area contributed by atoms with Crippen molar-refractivity contribution in [3.05, 3.63) is 34.9 Å². The number of hydrogen-bond acceptors (Lipinski definition) is 4. The minimum absolute atomic E-state index is 0. The minimum atomic E-state index is -0.275. The fourth-order valence-corrected chi connectivity index (χ4v) is 6.56. The zero-order valence-corrected chi connectivity index (χ0v) is 25.4. The molecule has 2 saturated heterocycles. The SMILES string of the molecule is CCN(CC)C(=O)N(C1CCCCC1)C1CCN(C(=O)[C@@H](Cc2ccc(Cl)cc2)NC2CCOCC2)CC1.Cl. The third-order valence-corrected chi connectivity index (χ3v) is 8.95. The number of nitrogens with one attached hydrogen (secondary N) is 1. The Bertz CT molecular complexity index is 879. The molecule has 2 heterocycles. The van der Waals surface area contributed by atoms with Gasteiger partial charge in [-0.25, -0.2) is 4.79 Å². The highest BCUT2D eigenvalue weighted by Gasteiger charge is 2.37. The molecule has 1 aliphatic carbocycles. The van der Waals surface area contributed by atoms with Crippen LogP contribution >= 0.6 is 24.0 Å². The van der Waals surface area contributed by atoms with Gasteiger partial charge in [0.05, 0.1) is 6.04 Å². The number of urea groups is 1. The predicted molar refractivity (Wildman–Crippen MR) is 160 cm³/mol. The summed E-state index contributed by atoms with van der Waals surface area (Å²) in [6.07, 6.45) is 10.1. The van der Waals surface area contributed by atoms with Crippen LogP contribution in [0, 0.1) is 0 Å². The molecule has 0 spiro atoms. The maximum Gasteiger partial charge on any atom is 0.320 e. The van der Waals surface area contributed by atoms with Crippen LogP contribution < -0.4 is 5.32 Å². The van der Waals surface area contributed by atoms with Gasteiger partial charge < -0.3 is 24.8 Å². The van der Waals surface area contributed by atoms with Crippen molar-refractivity contribution in [1.29, 1.82) is 0 Å². The van der Waals surface area contributed by atoms with Crippen molar-refractivity contribution in [1.82, 2.24) is 20.0 Å². The number of carbonyl (C=O) groups is 2. The number of benzene rings is 1. The number of hydrogen-bond donors (Lipinski definition) is 1. The fourth-order valence-electron chi connectivity index (χ4n) is 6.43. The summed E-state index contributed by atoms with van der Waals surface area (Å²) in [5.41, 5.74) is 1.11. The van der Waals surface area contributed by atoms with Crippen molar-refractivity contribution in [2.75, 3.05) is 39.4 Å². The van der Waals surface area contributed by atoms with Gasteiger partial charge in [0.1, 0.15) is 0 Å². The molecule has 9 heteroatoms. The Morgan fingerprint density at radius 2 is 1.54 bits per heavy atom. The largest absolute Gasteiger partial charge is 0.381 e. The molecule has 1 N–H and O–H groups in total. The van der Waals surface area contributed by atoms with Gasteiger partial charge in [0, 0.05) is 62.5 Å². The summed E-state index contributed by atoms with van der Waals surface area (Å²) in [6, 6.07) is 8.55.